The lowest BCUT2D eigenvalue weighted by Crippen LogP contribution is -2.47. The van der Waals surface area contributed by atoms with Gasteiger partial charge in [-0.25, -0.2) is 0 Å². The van der Waals surface area contributed by atoms with Gasteiger partial charge in [0.15, 0.2) is 0 Å². The van der Waals surface area contributed by atoms with Crippen molar-refractivity contribution in [1.29, 1.82) is 0 Å². The van der Waals surface area contributed by atoms with Gasteiger partial charge in [0.05, 0.1) is 13.2 Å². The van der Waals surface area contributed by atoms with Gasteiger partial charge in [-0.15, -0.1) is 0 Å². The summed E-state index contributed by atoms with van der Waals surface area (Å²) in [5.41, 5.74) is 5.90. The van der Waals surface area contributed by atoms with E-state index in [0.29, 0.717) is 12.0 Å². The highest BCUT2D eigenvalue weighted by Crippen LogP contribution is 2.27. The first-order valence-electron chi connectivity index (χ1n) is 6.75. The summed E-state index contributed by atoms with van der Waals surface area (Å²) in [4.78, 5) is 2.50. The van der Waals surface area contributed by atoms with E-state index in [1.165, 1.54) is 25.7 Å². The number of nitrogens with zero attached hydrogens (tertiary/aromatic N) is 1. The summed E-state index contributed by atoms with van der Waals surface area (Å²) < 4.78 is 10.4. The average molecular weight is 244 g/mol. The van der Waals surface area contributed by atoms with Crippen molar-refractivity contribution in [2.75, 3.05) is 47.1 Å². The third-order valence-electron chi connectivity index (χ3n) is 3.81. The molecule has 0 aromatic carbocycles. The Bertz CT molecular complexity index is 182. The lowest BCUT2D eigenvalue weighted by molar-refractivity contribution is 0.0509. The van der Waals surface area contributed by atoms with E-state index >= 15 is 0 Å². The highest BCUT2D eigenvalue weighted by atomic mass is 16.5. The van der Waals surface area contributed by atoms with E-state index in [1.807, 2.05) is 0 Å². The van der Waals surface area contributed by atoms with Gasteiger partial charge in [0, 0.05) is 33.4 Å². The summed E-state index contributed by atoms with van der Waals surface area (Å²) >= 11 is 0. The molecule has 0 heterocycles. The average Bonchev–Trinajstić information content (AvgIpc) is 2.39. The second kappa shape index (κ2) is 8.86. The van der Waals surface area contributed by atoms with Crippen LogP contribution in [0.25, 0.3) is 0 Å². The minimum Gasteiger partial charge on any atom is -0.383 e. The first-order chi connectivity index (χ1) is 8.33. The van der Waals surface area contributed by atoms with E-state index in [2.05, 4.69) is 4.90 Å². The first kappa shape index (κ1) is 14.9. The van der Waals surface area contributed by atoms with E-state index in [0.717, 1.165) is 32.8 Å². The predicted octanol–water partition coefficient (Wildman–Crippen LogP) is 1.10. The monoisotopic (exact) mass is 244 g/mol. The van der Waals surface area contributed by atoms with E-state index in [-0.39, 0.29) is 0 Å². The number of ether oxygens (including phenoxy) is 2. The molecule has 2 atom stereocenters. The van der Waals surface area contributed by atoms with Crippen molar-refractivity contribution >= 4 is 0 Å². The standard InChI is InChI=1S/C13H28N2O2/c1-16-9-7-15(8-10-17-2)13-6-4-3-5-12(13)11-14/h12-13H,3-11,14H2,1-2H3. The van der Waals surface area contributed by atoms with Gasteiger partial charge in [0.25, 0.3) is 0 Å². The molecule has 0 amide bonds. The van der Waals surface area contributed by atoms with Crippen molar-refractivity contribution in [3.8, 4) is 0 Å². The van der Waals surface area contributed by atoms with Gasteiger partial charge in [-0.3, -0.25) is 4.90 Å². The van der Waals surface area contributed by atoms with Crippen LogP contribution < -0.4 is 5.73 Å². The third kappa shape index (κ3) is 4.92. The lowest BCUT2D eigenvalue weighted by atomic mass is 9.83. The van der Waals surface area contributed by atoms with Gasteiger partial charge in [0.1, 0.15) is 0 Å². The Kier molecular flexibility index (Phi) is 7.77. The Morgan fingerprint density at radius 1 is 1.06 bits per heavy atom. The fraction of sp³-hybridized carbons (Fsp3) is 1.00. The second-order valence-corrected chi connectivity index (χ2v) is 4.87. The molecule has 0 saturated heterocycles. The molecule has 1 saturated carbocycles. The van der Waals surface area contributed by atoms with E-state index in [4.69, 9.17) is 15.2 Å². The Labute approximate surface area is 105 Å². The number of hydrogen-bond acceptors (Lipinski definition) is 4. The van der Waals surface area contributed by atoms with Crippen molar-refractivity contribution in [2.24, 2.45) is 11.7 Å². The Balaban J connectivity index is 2.51. The molecule has 0 radical (unpaired) electrons. The zero-order valence-electron chi connectivity index (χ0n) is 11.4. The van der Waals surface area contributed by atoms with Crippen molar-refractivity contribution in [3.05, 3.63) is 0 Å². The van der Waals surface area contributed by atoms with Crippen molar-refractivity contribution in [3.63, 3.8) is 0 Å². The summed E-state index contributed by atoms with van der Waals surface area (Å²) in [6.45, 7) is 4.36. The smallest absolute Gasteiger partial charge is 0.0589 e. The van der Waals surface area contributed by atoms with Gasteiger partial charge in [-0.05, 0) is 25.3 Å². The first-order valence-corrected chi connectivity index (χ1v) is 6.75. The summed E-state index contributed by atoms with van der Waals surface area (Å²) in [7, 11) is 3.52. The van der Waals surface area contributed by atoms with Crippen LogP contribution in [0.4, 0.5) is 0 Å². The minimum absolute atomic E-state index is 0.624. The quantitative estimate of drug-likeness (QED) is 0.694. The molecule has 0 spiro atoms. The zero-order valence-corrected chi connectivity index (χ0v) is 11.4. The van der Waals surface area contributed by atoms with Gasteiger partial charge < -0.3 is 15.2 Å². The maximum atomic E-state index is 5.90. The van der Waals surface area contributed by atoms with Crippen molar-refractivity contribution in [2.45, 2.75) is 31.7 Å². The van der Waals surface area contributed by atoms with Crippen LogP contribution in [0.3, 0.4) is 0 Å². The summed E-state index contributed by atoms with van der Waals surface area (Å²) in [6.07, 6.45) is 5.21. The molecule has 102 valence electrons. The molecule has 4 heteroatoms. The van der Waals surface area contributed by atoms with Gasteiger partial charge in [-0.1, -0.05) is 12.8 Å². The summed E-state index contributed by atoms with van der Waals surface area (Å²) in [5, 5.41) is 0. The fourth-order valence-corrected chi connectivity index (χ4v) is 2.80. The van der Waals surface area contributed by atoms with E-state index in [1.54, 1.807) is 14.2 Å². The molecule has 17 heavy (non-hydrogen) atoms. The SMILES string of the molecule is COCCN(CCOC)C1CCCCC1CN. The molecular formula is C13H28N2O2. The largest absolute Gasteiger partial charge is 0.383 e. The topological polar surface area (TPSA) is 47.7 Å². The molecule has 1 rings (SSSR count). The molecule has 0 bridgehead atoms. The molecule has 2 N–H and O–H groups in total. The van der Waals surface area contributed by atoms with Gasteiger partial charge in [0.2, 0.25) is 0 Å². The highest BCUT2D eigenvalue weighted by molar-refractivity contribution is 4.84. The van der Waals surface area contributed by atoms with Gasteiger partial charge in [-0.2, -0.15) is 0 Å². The van der Waals surface area contributed by atoms with Crippen LogP contribution in [-0.2, 0) is 9.47 Å². The molecule has 1 aliphatic rings. The van der Waals surface area contributed by atoms with E-state index < -0.39 is 0 Å². The van der Waals surface area contributed by atoms with Crippen LogP contribution in [0.1, 0.15) is 25.7 Å². The minimum atomic E-state index is 0.624. The van der Waals surface area contributed by atoms with Crippen molar-refractivity contribution < 1.29 is 9.47 Å². The maximum Gasteiger partial charge on any atom is 0.0589 e. The Hall–Kier alpha value is -0.160. The zero-order chi connectivity index (χ0) is 12.5. The van der Waals surface area contributed by atoms with Crippen LogP contribution in [0.5, 0.6) is 0 Å². The second-order valence-electron chi connectivity index (χ2n) is 4.87. The van der Waals surface area contributed by atoms with Crippen molar-refractivity contribution in [1.82, 2.24) is 4.90 Å². The molecule has 0 aliphatic heterocycles. The van der Waals surface area contributed by atoms with Crippen LogP contribution in [-0.4, -0.2) is 58.0 Å². The van der Waals surface area contributed by atoms with E-state index in [9.17, 15) is 0 Å². The number of hydrogen-bond donors (Lipinski definition) is 1. The number of methoxy groups -OCH3 is 2. The Morgan fingerprint density at radius 3 is 2.18 bits per heavy atom. The lowest BCUT2D eigenvalue weighted by Gasteiger charge is -2.39. The molecule has 2 unspecified atom stereocenters. The van der Waals surface area contributed by atoms with Gasteiger partial charge >= 0.3 is 0 Å². The number of nitrogens with two attached hydrogens (primary N) is 1. The summed E-state index contributed by atoms with van der Waals surface area (Å²) in [6, 6.07) is 0.624. The third-order valence-corrected chi connectivity index (χ3v) is 3.81. The summed E-state index contributed by atoms with van der Waals surface area (Å²) in [5.74, 6) is 0.650. The molecule has 1 fully saturated rings. The predicted molar refractivity (Wildman–Crippen MR) is 70.1 cm³/mol. The maximum absolute atomic E-state index is 5.90. The molecule has 4 nitrogen and oxygen atoms in total. The van der Waals surface area contributed by atoms with Crippen LogP contribution in [0.15, 0.2) is 0 Å². The molecular weight excluding hydrogens is 216 g/mol. The van der Waals surface area contributed by atoms with Crippen LogP contribution in [0, 0.1) is 5.92 Å². The molecule has 1 aliphatic carbocycles. The fourth-order valence-electron chi connectivity index (χ4n) is 2.80. The van der Waals surface area contributed by atoms with Crippen LogP contribution in [0.2, 0.25) is 0 Å². The Morgan fingerprint density at radius 2 is 1.65 bits per heavy atom. The highest BCUT2D eigenvalue weighted by Gasteiger charge is 2.28. The normalized spacial score (nSPS) is 25.4. The molecule has 0 aromatic heterocycles. The molecule has 0 aromatic rings. The number of rotatable bonds is 8. The van der Waals surface area contributed by atoms with Crippen LogP contribution >= 0.6 is 0 Å².